The molecule has 0 bridgehead atoms. The third-order valence-corrected chi connectivity index (χ3v) is 2.98. The summed E-state index contributed by atoms with van der Waals surface area (Å²) in [7, 11) is 0. The molecule has 1 fully saturated rings. The van der Waals surface area contributed by atoms with Crippen molar-refractivity contribution < 1.29 is 0 Å². The van der Waals surface area contributed by atoms with Gasteiger partial charge in [-0.2, -0.15) is 9.97 Å². The zero-order valence-electron chi connectivity index (χ0n) is 8.93. The van der Waals surface area contributed by atoms with Crippen LogP contribution < -0.4 is 11.5 Å². The first-order valence-electron chi connectivity index (χ1n) is 5.48. The number of fused-ring (bicyclic) bond motifs is 1. The molecule has 1 aliphatic carbocycles. The molecule has 1 aliphatic rings. The van der Waals surface area contributed by atoms with Gasteiger partial charge in [0, 0.05) is 6.54 Å². The molecule has 0 radical (unpaired) electrons. The van der Waals surface area contributed by atoms with Crippen LogP contribution in [0.1, 0.15) is 19.3 Å². The number of aromatic nitrogens is 4. The van der Waals surface area contributed by atoms with Crippen molar-refractivity contribution in [2.75, 3.05) is 11.5 Å². The SMILES string of the molecule is Nc1nc(N)c2ncn(CCC3CC3)c2n1. The second kappa shape index (κ2) is 3.33. The molecule has 3 rings (SSSR count). The van der Waals surface area contributed by atoms with Gasteiger partial charge >= 0.3 is 0 Å². The molecule has 0 atom stereocenters. The second-order valence-corrected chi connectivity index (χ2v) is 4.31. The normalized spacial score (nSPS) is 15.8. The fraction of sp³-hybridized carbons (Fsp3) is 0.500. The highest BCUT2D eigenvalue weighted by Gasteiger charge is 2.21. The number of nitrogens with two attached hydrogens (primary N) is 2. The van der Waals surface area contributed by atoms with E-state index in [0.29, 0.717) is 11.3 Å². The van der Waals surface area contributed by atoms with Crippen LogP contribution in [0.4, 0.5) is 11.8 Å². The highest BCUT2D eigenvalue weighted by Crippen LogP contribution is 2.33. The van der Waals surface area contributed by atoms with E-state index in [4.69, 9.17) is 11.5 Å². The Balaban J connectivity index is 1.97. The maximum absolute atomic E-state index is 5.73. The molecule has 2 aromatic heterocycles. The van der Waals surface area contributed by atoms with E-state index in [1.807, 2.05) is 4.57 Å². The highest BCUT2D eigenvalue weighted by atomic mass is 15.2. The van der Waals surface area contributed by atoms with Crippen molar-refractivity contribution in [1.29, 1.82) is 0 Å². The number of rotatable bonds is 3. The van der Waals surface area contributed by atoms with Gasteiger partial charge < -0.3 is 16.0 Å². The molecule has 2 heterocycles. The fourth-order valence-electron chi connectivity index (χ4n) is 1.88. The summed E-state index contributed by atoms with van der Waals surface area (Å²) in [6.45, 7) is 0.928. The lowest BCUT2D eigenvalue weighted by Gasteiger charge is -2.03. The minimum atomic E-state index is 0.207. The van der Waals surface area contributed by atoms with E-state index in [2.05, 4.69) is 15.0 Å². The molecule has 2 aromatic rings. The van der Waals surface area contributed by atoms with Gasteiger partial charge in [0.05, 0.1) is 6.33 Å². The minimum absolute atomic E-state index is 0.207. The van der Waals surface area contributed by atoms with Crippen LogP contribution in [0.5, 0.6) is 0 Å². The predicted octanol–water partition coefficient (Wildman–Crippen LogP) is 0.791. The molecule has 0 amide bonds. The topological polar surface area (TPSA) is 95.6 Å². The van der Waals surface area contributed by atoms with E-state index in [1.54, 1.807) is 6.33 Å². The monoisotopic (exact) mass is 218 g/mol. The van der Waals surface area contributed by atoms with Crippen LogP contribution in [0.2, 0.25) is 0 Å². The summed E-state index contributed by atoms with van der Waals surface area (Å²) >= 11 is 0. The van der Waals surface area contributed by atoms with Gasteiger partial charge in [-0.05, 0) is 12.3 Å². The Labute approximate surface area is 92.7 Å². The van der Waals surface area contributed by atoms with E-state index >= 15 is 0 Å². The Morgan fingerprint density at radius 2 is 2.12 bits per heavy atom. The van der Waals surface area contributed by atoms with Gasteiger partial charge in [0.1, 0.15) is 5.52 Å². The molecule has 1 saturated carbocycles. The Morgan fingerprint density at radius 3 is 2.88 bits per heavy atom. The summed E-state index contributed by atoms with van der Waals surface area (Å²) in [5, 5.41) is 0. The Bertz CT molecular complexity index is 527. The summed E-state index contributed by atoms with van der Waals surface area (Å²) in [6, 6.07) is 0. The summed E-state index contributed by atoms with van der Waals surface area (Å²) < 4.78 is 2.00. The lowest BCUT2D eigenvalue weighted by atomic mass is 10.3. The van der Waals surface area contributed by atoms with Gasteiger partial charge in [-0.1, -0.05) is 12.8 Å². The van der Waals surface area contributed by atoms with Crippen LogP contribution >= 0.6 is 0 Å². The number of nitrogens with zero attached hydrogens (tertiary/aromatic N) is 4. The molecule has 16 heavy (non-hydrogen) atoms. The van der Waals surface area contributed by atoms with Gasteiger partial charge in [-0.3, -0.25) is 0 Å². The average Bonchev–Trinajstić information content (AvgIpc) is 2.97. The minimum Gasteiger partial charge on any atom is -0.382 e. The van der Waals surface area contributed by atoms with E-state index in [-0.39, 0.29) is 5.95 Å². The maximum Gasteiger partial charge on any atom is 0.224 e. The molecule has 0 aromatic carbocycles. The summed E-state index contributed by atoms with van der Waals surface area (Å²) in [6.07, 6.45) is 5.64. The van der Waals surface area contributed by atoms with E-state index in [0.717, 1.165) is 18.1 Å². The summed E-state index contributed by atoms with van der Waals surface area (Å²) in [5.74, 6) is 1.44. The quantitative estimate of drug-likeness (QED) is 0.794. The van der Waals surface area contributed by atoms with Crippen LogP contribution in [0.3, 0.4) is 0 Å². The van der Waals surface area contributed by atoms with Crippen molar-refractivity contribution in [3.8, 4) is 0 Å². The lowest BCUT2D eigenvalue weighted by Crippen LogP contribution is -2.03. The number of hydrogen-bond acceptors (Lipinski definition) is 5. The van der Waals surface area contributed by atoms with Crippen LogP contribution in [-0.4, -0.2) is 19.5 Å². The van der Waals surface area contributed by atoms with Gasteiger partial charge in [0.25, 0.3) is 0 Å². The average molecular weight is 218 g/mol. The number of nitrogen functional groups attached to an aromatic ring is 2. The molecule has 0 unspecified atom stereocenters. The smallest absolute Gasteiger partial charge is 0.224 e. The molecule has 84 valence electrons. The standard InChI is InChI=1S/C10H14N6/c11-8-7-9(15-10(12)14-8)16(5-13-7)4-3-6-1-2-6/h5-6H,1-4H2,(H4,11,12,14,15). The van der Waals surface area contributed by atoms with Gasteiger partial charge in [-0.15, -0.1) is 0 Å². The third-order valence-electron chi connectivity index (χ3n) is 2.98. The molecule has 0 aliphatic heterocycles. The number of imidazole rings is 1. The van der Waals surface area contributed by atoms with E-state index in [1.165, 1.54) is 19.3 Å². The Morgan fingerprint density at radius 1 is 1.31 bits per heavy atom. The zero-order chi connectivity index (χ0) is 11.1. The Kier molecular flexibility index (Phi) is 1.95. The van der Waals surface area contributed by atoms with Crippen LogP contribution in [0, 0.1) is 5.92 Å². The molecule has 0 spiro atoms. The third kappa shape index (κ3) is 1.56. The zero-order valence-corrected chi connectivity index (χ0v) is 8.93. The summed E-state index contributed by atoms with van der Waals surface area (Å²) in [5.41, 5.74) is 12.7. The first-order valence-corrected chi connectivity index (χ1v) is 5.48. The Hall–Kier alpha value is -1.85. The first-order chi connectivity index (χ1) is 7.74. The number of hydrogen-bond donors (Lipinski definition) is 2. The molecular formula is C10H14N6. The lowest BCUT2D eigenvalue weighted by molar-refractivity contribution is 0.605. The molecule has 4 N–H and O–H groups in total. The van der Waals surface area contributed by atoms with Crippen molar-refractivity contribution in [2.45, 2.75) is 25.8 Å². The van der Waals surface area contributed by atoms with Gasteiger partial charge in [-0.25, -0.2) is 4.98 Å². The molecule has 6 heteroatoms. The number of aryl methyl sites for hydroxylation is 1. The van der Waals surface area contributed by atoms with E-state index in [9.17, 15) is 0 Å². The highest BCUT2D eigenvalue weighted by molar-refractivity contribution is 5.82. The van der Waals surface area contributed by atoms with Gasteiger partial charge in [0.2, 0.25) is 5.95 Å². The van der Waals surface area contributed by atoms with Crippen LogP contribution in [0.25, 0.3) is 11.2 Å². The second-order valence-electron chi connectivity index (χ2n) is 4.31. The van der Waals surface area contributed by atoms with Crippen molar-refractivity contribution >= 4 is 22.9 Å². The largest absolute Gasteiger partial charge is 0.382 e. The van der Waals surface area contributed by atoms with Crippen LogP contribution in [0.15, 0.2) is 6.33 Å². The van der Waals surface area contributed by atoms with E-state index < -0.39 is 0 Å². The number of anilines is 2. The summed E-state index contributed by atoms with van der Waals surface area (Å²) in [4.78, 5) is 12.3. The van der Waals surface area contributed by atoms with Gasteiger partial charge in [0.15, 0.2) is 11.5 Å². The fourth-order valence-corrected chi connectivity index (χ4v) is 1.88. The van der Waals surface area contributed by atoms with Crippen LogP contribution in [-0.2, 0) is 6.54 Å². The van der Waals surface area contributed by atoms with Crippen molar-refractivity contribution in [3.05, 3.63) is 6.33 Å². The van der Waals surface area contributed by atoms with Crippen molar-refractivity contribution in [2.24, 2.45) is 5.92 Å². The van der Waals surface area contributed by atoms with Crippen molar-refractivity contribution in [3.63, 3.8) is 0 Å². The molecular weight excluding hydrogens is 204 g/mol. The maximum atomic E-state index is 5.73. The van der Waals surface area contributed by atoms with Crippen molar-refractivity contribution in [1.82, 2.24) is 19.5 Å². The predicted molar refractivity (Wildman–Crippen MR) is 61.5 cm³/mol. The molecule has 6 nitrogen and oxygen atoms in total. The molecule has 0 saturated heterocycles. The first kappa shape index (κ1) is 9.38.